The van der Waals surface area contributed by atoms with Crippen LogP contribution in [0.2, 0.25) is 0 Å². The van der Waals surface area contributed by atoms with Crippen LogP contribution in [0.25, 0.3) is 0 Å². The van der Waals surface area contributed by atoms with Crippen molar-refractivity contribution in [3.8, 4) is 11.5 Å². The molecule has 2 amide bonds. The van der Waals surface area contributed by atoms with Crippen molar-refractivity contribution in [3.63, 3.8) is 0 Å². The number of aliphatic imine (C=N–C) groups is 1. The predicted molar refractivity (Wildman–Crippen MR) is 94.8 cm³/mol. The number of thioether (sulfide) groups is 1. The molecule has 1 aliphatic rings. The van der Waals surface area contributed by atoms with Crippen LogP contribution in [-0.4, -0.2) is 43.0 Å². The van der Waals surface area contributed by atoms with Crippen LogP contribution in [0.1, 0.15) is 6.42 Å². The van der Waals surface area contributed by atoms with Crippen LogP contribution in [0, 0.1) is 0 Å². The van der Waals surface area contributed by atoms with E-state index in [1.165, 1.54) is 26.0 Å². The summed E-state index contributed by atoms with van der Waals surface area (Å²) in [6.07, 6.45) is 1.67. The molecular formula is C16H19N3O4S. The van der Waals surface area contributed by atoms with Gasteiger partial charge in [-0.25, -0.2) is 0 Å². The number of methoxy groups -OCH3 is 2. The van der Waals surface area contributed by atoms with E-state index in [1.807, 2.05) is 0 Å². The van der Waals surface area contributed by atoms with E-state index in [2.05, 4.69) is 22.2 Å². The summed E-state index contributed by atoms with van der Waals surface area (Å²) < 4.78 is 10.4. The Kier molecular flexibility index (Phi) is 6.25. The van der Waals surface area contributed by atoms with Gasteiger partial charge in [0.05, 0.1) is 26.5 Å². The lowest BCUT2D eigenvalue weighted by Gasteiger charge is -2.12. The van der Waals surface area contributed by atoms with E-state index < -0.39 is 5.25 Å². The molecule has 1 aromatic carbocycles. The van der Waals surface area contributed by atoms with Gasteiger partial charge in [0.1, 0.15) is 16.7 Å². The van der Waals surface area contributed by atoms with Crippen LogP contribution in [-0.2, 0) is 9.59 Å². The number of rotatable bonds is 7. The summed E-state index contributed by atoms with van der Waals surface area (Å²) in [4.78, 5) is 28.3. The van der Waals surface area contributed by atoms with Crippen LogP contribution in [0.5, 0.6) is 11.5 Å². The maximum absolute atomic E-state index is 12.2. The highest BCUT2D eigenvalue weighted by Gasteiger charge is 2.32. The van der Waals surface area contributed by atoms with Crippen molar-refractivity contribution in [1.82, 2.24) is 5.32 Å². The van der Waals surface area contributed by atoms with Gasteiger partial charge in [-0.3, -0.25) is 14.6 Å². The molecule has 128 valence electrons. The molecule has 0 saturated carbocycles. The summed E-state index contributed by atoms with van der Waals surface area (Å²) in [5, 5.41) is 5.40. The minimum absolute atomic E-state index is 0.0317. The third kappa shape index (κ3) is 4.51. The first kappa shape index (κ1) is 17.9. The number of nitrogens with zero attached hydrogens (tertiary/aromatic N) is 1. The van der Waals surface area contributed by atoms with Gasteiger partial charge in [0.2, 0.25) is 11.8 Å². The van der Waals surface area contributed by atoms with Gasteiger partial charge >= 0.3 is 0 Å². The number of nitrogens with one attached hydrogen (secondary N) is 2. The molecule has 7 nitrogen and oxygen atoms in total. The molecule has 0 radical (unpaired) electrons. The maximum atomic E-state index is 12.2. The zero-order valence-corrected chi connectivity index (χ0v) is 14.3. The maximum Gasteiger partial charge on any atom is 0.240 e. The molecule has 1 fully saturated rings. The molecule has 0 aromatic heterocycles. The predicted octanol–water partition coefficient (Wildman–Crippen LogP) is 1.81. The Morgan fingerprint density at radius 3 is 2.92 bits per heavy atom. The highest BCUT2D eigenvalue weighted by molar-refractivity contribution is 8.15. The van der Waals surface area contributed by atoms with Crippen molar-refractivity contribution in [3.05, 3.63) is 30.9 Å². The molecule has 0 unspecified atom stereocenters. The molecule has 1 aromatic rings. The molecule has 1 aliphatic heterocycles. The van der Waals surface area contributed by atoms with Crippen LogP contribution in [0.15, 0.2) is 35.8 Å². The first-order chi connectivity index (χ1) is 11.6. The van der Waals surface area contributed by atoms with Gasteiger partial charge in [0, 0.05) is 12.5 Å². The number of amides is 2. The van der Waals surface area contributed by atoms with Gasteiger partial charge in [0.25, 0.3) is 0 Å². The largest absolute Gasteiger partial charge is 0.497 e. The van der Waals surface area contributed by atoms with E-state index in [0.29, 0.717) is 28.9 Å². The number of carbonyl (C=O) groups is 2. The number of ether oxygens (including phenoxy) is 2. The monoisotopic (exact) mass is 349 g/mol. The normalized spacial score (nSPS) is 18.2. The molecule has 2 rings (SSSR count). The third-order valence-corrected chi connectivity index (χ3v) is 4.31. The van der Waals surface area contributed by atoms with E-state index in [-0.39, 0.29) is 18.2 Å². The molecule has 0 aliphatic carbocycles. The Morgan fingerprint density at radius 2 is 2.25 bits per heavy atom. The van der Waals surface area contributed by atoms with Gasteiger partial charge in [-0.05, 0) is 12.1 Å². The lowest BCUT2D eigenvalue weighted by molar-refractivity contribution is -0.122. The number of benzene rings is 1. The quantitative estimate of drug-likeness (QED) is 0.733. The second-order valence-corrected chi connectivity index (χ2v) is 6.04. The number of amidine groups is 1. The lowest BCUT2D eigenvalue weighted by atomic mass is 10.2. The molecule has 8 heteroatoms. The summed E-state index contributed by atoms with van der Waals surface area (Å²) in [6, 6.07) is 5.10. The molecule has 1 atom stereocenters. The highest BCUT2D eigenvalue weighted by Crippen LogP contribution is 2.30. The van der Waals surface area contributed by atoms with Crippen molar-refractivity contribution in [2.24, 2.45) is 4.99 Å². The van der Waals surface area contributed by atoms with Crippen molar-refractivity contribution < 1.29 is 19.1 Å². The fraction of sp³-hybridized carbons (Fsp3) is 0.312. The molecule has 2 N–H and O–H groups in total. The Balaban J connectivity index is 2.01. The summed E-state index contributed by atoms with van der Waals surface area (Å²) in [5.41, 5.74) is 0.491. The molecule has 0 bridgehead atoms. The van der Waals surface area contributed by atoms with Gasteiger partial charge in [-0.2, -0.15) is 0 Å². The van der Waals surface area contributed by atoms with E-state index in [9.17, 15) is 9.59 Å². The summed E-state index contributed by atoms with van der Waals surface area (Å²) >= 11 is 1.24. The number of carbonyl (C=O) groups excluding carboxylic acids is 2. The fourth-order valence-electron chi connectivity index (χ4n) is 2.04. The van der Waals surface area contributed by atoms with E-state index >= 15 is 0 Å². The first-order valence-electron chi connectivity index (χ1n) is 7.22. The molecular weight excluding hydrogens is 330 g/mol. The van der Waals surface area contributed by atoms with Crippen LogP contribution < -0.4 is 20.1 Å². The Labute approximate surface area is 144 Å². The first-order valence-corrected chi connectivity index (χ1v) is 8.10. The SMILES string of the molecule is C=CCN=C1NC(=O)[C@H](CC(=O)Nc2cc(OC)ccc2OC)S1. The summed E-state index contributed by atoms with van der Waals surface area (Å²) in [5.74, 6) is 0.591. The van der Waals surface area contributed by atoms with E-state index in [1.54, 1.807) is 24.3 Å². The van der Waals surface area contributed by atoms with Crippen molar-refractivity contribution >= 4 is 34.4 Å². The van der Waals surface area contributed by atoms with Crippen molar-refractivity contribution in [2.75, 3.05) is 26.1 Å². The van der Waals surface area contributed by atoms with Crippen LogP contribution in [0.4, 0.5) is 5.69 Å². The second kappa shape index (κ2) is 8.39. The Bertz CT molecular complexity index is 675. The number of anilines is 1. The van der Waals surface area contributed by atoms with E-state index in [4.69, 9.17) is 9.47 Å². The Morgan fingerprint density at radius 1 is 1.46 bits per heavy atom. The zero-order valence-electron chi connectivity index (χ0n) is 13.5. The fourth-order valence-corrected chi connectivity index (χ4v) is 3.02. The summed E-state index contributed by atoms with van der Waals surface area (Å²) in [6.45, 7) is 3.99. The zero-order chi connectivity index (χ0) is 17.5. The molecule has 1 saturated heterocycles. The standard InChI is InChI=1S/C16H19N3O4S/c1-4-7-17-16-19-15(21)13(24-16)9-14(20)18-11-8-10(22-2)5-6-12(11)23-3/h4-6,8,13H,1,7,9H2,2-3H3,(H,18,20)(H,17,19,21)/t13-/m0/s1. The number of hydrogen-bond donors (Lipinski definition) is 2. The second-order valence-electron chi connectivity index (χ2n) is 4.85. The third-order valence-electron chi connectivity index (χ3n) is 3.19. The minimum Gasteiger partial charge on any atom is -0.497 e. The van der Waals surface area contributed by atoms with Gasteiger partial charge < -0.3 is 20.1 Å². The van der Waals surface area contributed by atoms with Crippen molar-refractivity contribution in [2.45, 2.75) is 11.7 Å². The van der Waals surface area contributed by atoms with E-state index in [0.717, 1.165) is 0 Å². The topological polar surface area (TPSA) is 89.0 Å². The molecule has 24 heavy (non-hydrogen) atoms. The van der Waals surface area contributed by atoms with Crippen LogP contribution in [0.3, 0.4) is 0 Å². The van der Waals surface area contributed by atoms with Gasteiger partial charge in [-0.15, -0.1) is 6.58 Å². The Hall–Kier alpha value is -2.48. The minimum atomic E-state index is -0.509. The highest BCUT2D eigenvalue weighted by atomic mass is 32.2. The summed E-state index contributed by atoms with van der Waals surface area (Å²) in [7, 11) is 3.05. The smallest absolute Gasteiger partial charge is 0.240 e. The van der Waals surface area contributed by atoms with Gasteiger partial charge in [0.15, 0.2) is 5.17 Å². The average Bonchev–Trinajstić information content (AvgIpc) is 2.92. The van der Waals surface area contributed by atoms with Crippen molar-refractivity contribution in [1.29, 1.82) is 0 Å². The lowest BCUT2D eigenvalue weighted by Crippen LogP contribution is -2.28. The molecule has 1 heterocycles. The van der Waals surface area contributed by atoms with Crippen LogP contribution >= 0.6 is 11.8 Å². The molecule has 0 spiro atoms. The number of hydrogen-bond acceptors (Lipinski definition) is 6. The van der Waals surface area contributed by atoms with Gasteiger partial charge in [-0.1, -0.05) is 17.8 Å². The average molecular weight is 349 g/mol.